The molecule has 30 heavy (non-hydrogen) atoms. The maximum Gasteiger partial charge on any atom is 0.416 e. The van der Waals surface area contributed by atoms with Gasteiger partial charge in [0, 0.05) is 12.1 Å². The largest absolute Gasteiger partial charge is 0.416 e. The maximum atomic E-state index is 12.5. The average Bonchev–Trinajstić information content (AvgIpc) is 3.15. The Balaban J connectivity index is 1.55. The van der Waals surface area contributed by atoms with E-state index in [1.807, 2.05) is 41.8 Å². The van der Waals surface area contributed by atoms with Crippen LogP contribution in [0.3, 0.4) is 0 Å². The molecule has 2 aromatic carbocycles. The summed E-state index contributed by atoms with van der Waals surface area (Å²) in [6, 6.07) is 14.1. The van der Waals surface area contributed by atoms with Crippen LogP contribution in [0, 0.1) is 0 Å². The lowest BCUT2D eigenvalue weighted by Gasteiger charge is -2.07. The van der Waals surface area contributed by atoms with E-state index in [2.05, 4.69) is 20.7 Å². The minimum absolute atomic E-state index is 0.0667. The maximum absolute atomic E-state index is 12.5. The number of thioether (sulfide) groups is 1. The summed E-state index contributed by atoms with van der Waals surface area (Å²) in [5.74, 6) is 0.425. The van der Waals surface area contributed by atoms with Gasteiger partial charge in [-0.05, 0) is 24.6 Å². The molecule has 0 aliphatic carbocycles. The SMILES string of the molecule is CCn1c(SCC(=O)NN=Cc2ccc(C(F)(F)F)cc2)nnc1-c1ccccc1. The molecule has 1 amide bonds. The Hall–Kier alpha value is -3.14. The summed E-state index contributed by atoms with van der Waals surface area (Å²) in [4.78, 5) is 12.0. The smallest absolute Gasteiger partial charge is 0.302 e. The highest BCUT2D eigenvalue weighted by Crippen LogP contribution is 2.29. The number of hydrogen-bond donors (Lipinski definition) is 1. The van der Waals surface area contributed by atoms with Gasteiger partial charge in [-0.2, -0.15) is 18.3 Å². The van der Waals surface area contributed by atoms with Crippen LogP contribution >= 0.6 is 11.8 Å². The number of halogens is 3. The van der Waals surface area contributed by atoms with Gasteiger partial charge in [0.1, 0.15) is 0 Å². The summed E-state index contributed by atoms with van der Waals surface area (Å²) in [5, 5.41) is 12.8. The van der Waals surface area contributed by atoms with Gasteiger partial charge in [0.05, 0.1) is 17.5 Å². The van der Waals surface area contributed by atoms with Crippen LogP contribution in [0.1, 0.15) is 18.1 Å². The second kappa shape index (κ2) is 9.57. The monoisotopic (exact) mass is 433 g/mol. The van der Waals surface area contributed by atoms with Crippen LogP contribution in [0.5, 0.6) is 0 Å². The third-order valence-electron chi connectivity index (χ3n) is 4.04. The molecule has 0 spiro atoms. The highest BCUT2D eigenvalue weighted by Gasteiger charge is 2.29. The van der Waals surface area contributed by atoms with Crippen molar-refractivity contribution < 1.29 is 18.0 Å². The number of hydrogen-bond acceptors (Lipinski definition) is 5. The predicted octanol–water partition coefficient (Wildman–Crippen LogP) is 4.23. The molecule has 0 unspecified atom stereocenters. The second-order valence-corrected chi connectivity index (χ2v) is 7.06. The van der Waals surface area contributed by atoms with E-state index in [0.717, 1.165) is 23.5 Å². The zero-order valence-electron chi connectivity index (χ0n) is 15.9. The fraction of sp³-hybridized carbons (Fsp3) is 0.200. The molecule has 1 N–H and O–H groups in total. The molecule has 0 aliphatic heterocycles. The molecule has 0 saturated heterocycles. The minimum Gasteiger partial charge on any atom is -0.302 e. The third kappa shape index (κ3) is 5.47. The van der Waals surface area contributed by atoms with Gasteiger partial charge < -0.3 is 4.57 Å². The third-order valence-corrected chi connectivity index (χ3v) is 5.01. The van der Waals surface area contributed by atoms with Gasteiger partial charge in [-0.1, -0.05) is 54.2 Å². The molecule has 0 radical (unpaired) electrons. The lowest BCUT2D eigenvalue weighted by Crippen LogP contribution is -2.20. The topological polar surface area (TPSA) is 72.2 Å². The molecule has 1 aromatic heterocycles. The number of benzene rings is 2. The van der Waals surface area contributed by atoms with Gasteiger partial charge in [0.15, 0.2) is 11.0 Å². The number of alkyl halides is 3. The predicted molar refractivity (Wildman–Crippen MR) is 109 cm³/mol. The van der Waals surface area contributed by atoms with Crippen molar-refractivity contribution in [2.45, 2.75) is 24.8 Å². The molecule has 0 aliphatic rings. The van der Waals surface area contributed by atoms with Crippen molar-refractivity contribution in [3.8, 4) is 11.4 Å². The van der Waals surface area contributed by atoms with Crippen LogP contribution in [0.2, 0.25) is 0 Å². The zero-order chi connectivity index (χ0) is 21.6. The Kier molecular flexibility index (Phi) is 6.88. The number of nitrogens with one attached hydrogen (secondary N) is 1. The molecule has 10 heteroatoms. The summed E-state index contributed by atoms with van der Waals surface area (Å²) in [7, 11) is 0. The van der Waals surface area contributed by atoms with Crippen LogP contribution < -0.4 is 5.43 Å². The first-order valence-electron chi connectivity index (χ1n) is 8.99. The number of aromatic nitrogens is 3. The van der Waals surface area contributed by atoms with E-state index in [-0.39, 0.29) is 11.7 Å². The summed E-state index contributed by atoms with van der Waals surface area (Å²) < 4.78 is 39.6. The van der Waals surface area contributed by atoms with Gasteiger partial charge in [0.25, 0.3) is 5.91 Å². The van der Waals surface area contributed by atoms with E-state index in [1.165, 1.54) is 30.1 Å². The number of carbonyl (C=O) groups excluding carboxylic acids is 1. The Morgan fingerprint density at radius 3 is 2.47 bits per heavy atom. The number of nitrogens with zero attached hydrogens (tertiary/aromatic N) is 4. The number of carbonyl (C=O) groups is 1. The fourth-order valence-corrected chi connectivity index (χ4v) is 3.38. The van der Waals surface area contributed by atoms with Gasteiger partial charge in [-0.15, -0.1) is 10.2 Å². The van der Waals surface area contributed by atoms with Crippen molar-refractivity contribution in [1.82, 2.24) is 20.2 Å². The molecule has 156 valence electrons. The summed E-state index contributed by atoms with van der Waals surface area (Å²) in [6.07, 6.45) is -3.11. The Bertz CT molecular complexity index is 1020. The first-order valence-corrected chi connectivity index (χ1v) is 9.97. The van der Waals surface area contributed by atoms with E-state index in [4.69, 9.17) is 0 Å². The van der Waals surface area contributed by atoms with E-state index >= 15 is 0 Å². The van der Waals surface area contributed by atoms with Crippen LogP contribution in [0.4, 0.5) is 13.2 Å². The molecule has 0 bridgehead atoms. The molecule has 0 atom stereocenters. The fourth-order valence-electron chi connectivity index (χ4n) is 2.58. The quantitative estimate of drug-likeness (QED) is 0.344. The first kappa shape index (κ1) is 21.6. The summed E-state index contributed by atoms with van der Waals surface area (Å²) in [5.41, 5.74) is 2.99. The molecule has 6 nitrogen and oxygen atoms in total. The lowest BCUT2D eigenvalue weighted by atomic mass is 10.1. The van der Waals surface area contributed by atoms with Crippen molar-refractivity contribution in [2.75, 3.05) is 5.75 Å². The first-order chi connectivity index (χ1) is 14.4. The molecular formula is C20H18F3N5OS. The molecule has 3 aromatic rings. The molecule has 1 heterocycles. The van der Waals surface area contributed by atoms with Crippen LogP contribution in [0.25, 0.3) is 11.4 Å². The van der Waals surface area contributed by atoms with E-state index < -0.39 is 11.7 Å². The molecule has 0 fully saturated rings. The Morgan fingerprint density at radius 1 is 1.13 bits per heavy atom. The normalized spacial score (nSPS) is 11.7. The Morgan fingerprint density at radius 2 is 1.83 bits per heavy atom. The van der Waals surface area contributed by atoms with Gasteiger partial charge >= 0.3 is 6.18 Å². The number of hydrazone groups is 1. The van der Waals surface area contributed by atoms with Crippen molar-refractivity contribution in [2.24, 2.45) is 5.10 Å². The standard InChI is InChI=1S/C20H18F3N5OS/c1-2-28-18(15-6-4-3-5-7-15)26-27-19(28)30-13-17(29)25-24-12-14-8-10-16(11-9-14)20(21,22)23/h3-12H,2,13H2,1H3,(H,25,29). The van der Waals surface area contributed by atoms with Crippen molar-refractivity contribution in [3.63, 3.8) is 0 Å². The van der Waals surface area contributed by atoms with Crippen molar-refractivity contribution in [1.29, 1.82) is 0 Å². The summed E-state index contributed by atoms with van der Waals surface area (Å²) >= 11 is 1.22. The van der Waals surface area contributed by atoms with Gasteiger partial charge in [0.2, 0.25) is 0 Å². The minimum atomic E-state index is -4.39. The molecule has 3 rings (SSSR count). The van der Waals surface area contributed by atoms with Gasteiger partial charge in [-0.3, -0.25) is 4.79 Å². The van der Waals surface area contributed by atoms with Crippen LogP contribution in [0.15, 0.2) is 64.9 Å². The molecule has 0 saturated carbocycles. The molecular weight excluding hydrogens is 415 g/mol. The number of amides is 1. The van der Waals surface area contributed by atoms with Crippen molar-refractivity contribution in [3.05, 3.63) is 65.7 Å². The van der Waals surface area contributed by atoms with E-state index in [0.29, 0.717) is 17.3 Å². The Labute approximate surface area is 175 Å². The lowest BCUT2D eigenvalue weighted by molar-refractivity contribution is -0.137. The zero-order valence-corrected chi connectivity index (χ0v) is 16.7. The van der Waals surface area contributed by atoms with Crippen LogP contribution in [-0.4, -0.2) is 32.6 Å². The highest BCUT2D eigenvalue weighted by molar-refractivity contribution is 7.99. The second-order valence-electron chi connectivity index (χ2n) is 6.12. The highest BCUT2D eigenvalue weighted by atomic mass is 32.2. The summed E-state index contributed by atoms with van der Waals surface area (Å²) in [6.45, 7) is 2.61. The number of rotatable bonds is 7. The van der Waals surface area contributed by atoms with Gasteiger partial charge in [-0.25, -0.2) is 5.43 Å². The van der Waals surface area contributed by atoms with E-state index in [9.17, 15) is 18.0 Å². The van der Waals surface area contributed by atoms with Crippen molar-refractivity contribution >= 4 is 23.9 Å². The average molecular weight is 433 g/mol. The van der Waals surface area contributed by atoms with E-state index in [1.54, 1.807) is 0 Å². The van der Waals surface area contributed by atoms with Crippen LogP contribution in [-0.2, 0) is 17.5 Å².